The zero-order valence-corrected chi connectivity index (χ0v) is 13.6. The number of hydrogen-bond acceptors (Lipinski definition) is 6. The molecule has 0 spiro atoms. The van der Waals surface area contributed by atoms with Gasteiger partial charge in [0.2, 0.25) is 17.4 Å². The third kappa shape index (κ3) is 3.63. The SMILES string of the molecule is [2H][C@]1(c2ccccc2F)OC(N)=C(OS(=O)(=O)Cc2ccccc2)C1=O. The Balaban J connectivity index is 1.86. The highest BCUT2D eigenvalue weighted by molar-refractivity contribution is 7.86. The van der Waals surface area contributed by atoms with E-state index in [0.29, 0.717) is 5.56 Å². The molecule has 0 fully saturated rings. The van der Waals surface area contributed by atoms with Crippen molar-refractivity contribution in [2.24, 2.45) is 5.73 Å². The Morgan fingerprint density at radius 3 is 2.48 bits per heavy atom. The molecular weight excluding hydrogens is 349 g/mol. The van der Waals surface area contributed by atoms with Crippen LogP contribution in [0.2, 0.25) is 0 Å². The molecule has 2 aromatic carbocycles. The fourth-order valence-electron chi connectivity index (χ4n) is 2.25. The smallest absolute Gasteiger partial charge is 0.313 e. The van der Waals surface area contributed by atoms with Crippen LogP contribution in [0, 0.1) is 5.82 Å². The van der Waals surface area contributed by atoms with Gasteiger partial charge in [0.15, 0.2) is 6.08 Å². The summed E-state index contributed by atoms with van der Waals surface area (Å²) in [5.74, 6) is -4.10. The minimum atomic E-state index is -4.24. The molecule has 2 aromatic rings. The average Bonchev–Trinajstić information content (AvgIpc) is 2.79. The first-order chi connectivity index (χ1) is 12.2. The lowest BCUT2D eigenvalue weighted by atomic mass is 10.1. The third-order valence-electron chi connectivity index (χ3n) is 3.36. The number of halogens is 1. The molecular formula is C17H14FNO5S. The Kier molecular flexibility index (Phi) is 4.10. The lowest BCUT2D eigenvalue weighted by Crippen LogP contribution is -2.16. The van der Waals surface area contributed by atoms with Crippen LogP contribution in [0.5, 0.6) is 0 Å². The molecule has 0 unspecified atom stereocenters. The molecule has 0 radical (unpaired) electrons. The summed E-state index contributed by atoms with van der Waals surface area (Å²) in [5.41, 5.74) is 5.58. The van der Waals surface area contributed by atoms with Crippen molar-refractivity contribution in [2.45, 2.75) is 11.8 Å². The summed E-state index contributed by atoms with van der Waals surface area (Å²) in [6, 6.07) is 13.2. The van der Waals surface area contributed by atoms with Gasteiger partial charge in [0.25, 0.3) is 0 Å². The minimum absolute atomic E-state index is 0.396. The van der Waals surface area contributed by atoms with E-state index in [1.807, 2.05) is 0 Å². The number of ketones is 1. The van der Waals surface area contributed by atoms with E-state index in [1.54, 1.807) is 30.3 Å². The van der Waals surface area contributed by atoms with Crippen molar-refractivity contribution >= 4 is 15.9 Å². The molecule has 1 aliphatic rings. The average molecular weight is 364 g/mol. The first kappa shape index (κ1) is 15.6. The molecule has 1 aliphatic heterocycles. The summed E-state index contributed by atoms with van der Waals surface area (Å²) in [7, 11) is -4.24. The molecule has 1 heterocycles. The fourth-order valence-corrected chi connectivity index (χ4v) is 3.33. The van der Waals surface area contributed by atoms with Crippen LogP contribution < -0.4 is 5.73 Å². The number of ether oxygens (including phenoxy) is 1. The van der Waals surface area contributed by atoms with Crippen molar-refractivity contribution in [1.29, 1.82) is 0 Å². The van der Waals surface area contributed by atoms with Gasteiger partial charge in [-0.3, -0.25) is 4.79 Å². The van der Waals surface area contributed by atoms with Gasteiger partial charge in [0.05, 0.1) is 1.37 Å². The Hall–Kier alpha value is -2.87. The summed E-state index contributed by atoms with van der Waals surface area (Å²) in [6.45, 7) is 0. The van der Waals surface area contributed by atoms with E-state index in [9.17, 15) is 17.6 Å². The maximum absolute atomic E-state index is 14.0. The van der Waals surface area contributed by atoms with E-state index in [-0.39, 0.29) is 0 Å². The standard InChI is InChI=1S/C17H14FNO5S/c18-13-9-5-4-8-12(13)15-14(20)16(17(19)23-15)24-25(21,22)10-11-6-2-1-3-7-11/h1-9,15H,10,19H2/t15-/m1/s1/i15D. The second-order valence-corrected chi connectivity index (χ2v) is 6.78. The number of hydrogen-bond donors (Lipinski definition) is 1. The quantitative estimate of drug-likeness (QED) is 0.817. The molecule has 0 amide bonds. The molecule has 0 saturated heterocycles. The molecule has 0 saturated carbocycles. The maximum atomic E-state index is 14.0. The van der Waals surface area contributed by atoms with Crippen LogP contribution in [0.3, 0.4) is 0 Å². The highest BCUT2D eigenvalue weighted by atomic mass is 32.2. The fraction of sp³-hybridized carbons (Fsp3) is 0.118. The first-order valence-electron chi connectivity index (χ1n) is 7.67. The molecule has 130 valence electrons. The third-order valence-corrected chi connectivity index (χ3v) is 4.47. The number of carbonyl (C=O) groups excluding carboxylic acids is 1. The summed E-state index contributed by atoms with van der Waals surface area (Å²) in [5, 5.41) is 0. The monoisotopic (exact) mass is 364 g/mol. The number of nitrogens with two attached hydrogens (primary N) is 1. The maximum Gasteiger partial charge on any atom is 0.313 e. The van der Waals surface area contributed by atoms with Crippen LogP contribution >= 0.6 is 0 Å². The van der Waals surface area contributed by atoms with Crippen molar-refractivity contribution in [2.75, 3.05) is 0 Å². The van der Waals surface area contributed by atoms with Crippen molar-refractivity contribution < 1.29 is 27.9 Å². The van der Waals surface area contributed by atoms with Crippen molar-refractivity contribution in [3.05, 3.63) is 83.2 Å². The van der Waals surface area contributed by atoms with Crippen molar-refractivity contribution in [3.63, 3.8) is 0 Å². The predicted molar refractivity (Wildman–Crippen MR) is 86.6 cm³/mol. The van der Waals surface area contributed by atoms with Gasteiger partial charge in [0, 0.05) is 5.56 Å². The second kappa shape index (κ2) is 6.56. The largest absolute Gasteiger partial charge is 0.460 e. The number of rotatable bonds is 5. The summed E-state index contributed by atoms with van der Waals surface area (Å²) >= 11 is 0. The molecule has 6 nitrogen and oxygen atoms in total. The molecule has 2 N–H and O–H groups in total. The zero-order chi connectivity index (χ0) is 18.9. The second-order valence-electron chi connectivity index (χ2n) is 5.20. The number of benzene rings is 2. The van der Waals surface area contributed by atoms with Gasteiger partial charge in [-0.05, 0) is 11.6 Å². The highest BCUT2D eigenvalue weighted by Crippen LogP contribution is 2.33. The molecule has 0 bridgehead atoms. The van der Waals surface area contributed by atoms with E-state index in [0.717, 1.165) is 6.07 Å². The molecule has 1 atom stereocenters. The van der Waals surface area contributed by atoms with Crippen LogP contribution in [0.4, 0.5) is 4.39 Å². The van der Waals surface area contributed by atoms with Gasteiger partial charge in [0.1, 0.15) is 11.6 Å². The predicted octanol–water partition coefficient (Wildman–Crippen LogP) is 2.14. The van der Waals surface area contributed by atoms with Gasteiger partial charge in [-0.2, -0.15) is 8.42 Å². The first-order valence-corrected chi connectivity index (χ1v) is 8.75. The lowest BCUT2D eigenvalue weighted by molar-refractivity contribution is -0.123. The van der Waals surface area contributed by atoms with Crippen molar-refractivity contribution in [3.8, 4) is 0 Å². The van der Waals surface area contributed by atoms with Gasteiger partial charge >= 0.3 is 10.1 Å². The Morgan fingerprint density at radius 2 is 1.80 bits per heavy atom. The topological polar surface area (TPSA) is 95.7 Å². The van der Waals surface area contributed by atoms with Crippen LogP contribution in [-0.2, 0) is 29.6 Å². The normalized spacial score (nSPS) is 21.0. The van der Waals surface area contributed by atoms with Gasteiger partial charge in [-0.25, -0.2) is 4.39 Å². The molecule has 0 aromatic heterocycles. The van der Waals surface area contributed by atoms with Crippen molar-refractivity contribution in [1.82, 2.24) is 0 Å². The van der Waals surface area contributed by atoms with E-state index in [1.165, 1.54) is 18.2 Å². The van der Waals surface area contributed by atoms with Crippen LogP contribution in [0.1, 0.15) is 18.6 Å². The van der Waals surface area contributed by atoms with Gasteiger partial charge in [-0.15, -0.1) is 0 Å². The molecule has 3 rings (SSSR count). The van der Waals surface area contributed by atoms with Crippen LogP contribution in [-0.4, -0.2) is 14.2 Å². The Morgan fingerprint density at radius 1 is 1.16 bits per heavy atom. The summed E-state index contributed by atoms with van der Waals surface area (Å²) in [4.78, 5) is 12.5. The van der Waals surface area contributed by atoms with E-state index in [2.05, 4.69) is 0 Å². The highest BCUT2D eigenvalue weighted by Gasteiger charge is 2.40. The lowest BCUT2D eigenvalue weighted by Gasteiger charge is -2.10. The minimum Gasteiger partial charge on any atom is -0.460 e. The van der Waals surface area contributed by atoms with Gasteiger partial charge in [-0.1, -0.05) is 48.5 Å². The summed E-state index contributed by atoms with van der Waals surface area (Å²) < 4.78 is 56.3. The Bertz CT molecular complexity index is 993. The molecule has 25 heavy (non-hydrogen) atoms. The van der Waals surface area contributed by atoms with Crippen LogP contribution in [0.15, 0.2) is 66.2 Å². The van der Waals surface area contributed by atoms with Gasteiger partial charge < -0.3 is 14.7 Å². The molecule has 8 heteroatoms. The van der Waals surface area contributed by atoms with E-state index >= 15 is 0 Å². The summed E-state index contributed by atoms with van der Waals surface area (Å²) in [6.07, 6.45) is -2.55. The number of Topliss-reactive ketones (excluding diaryl/α,β-unsaturated/α-hetero) is 1. The molecule has 0 aliphatic carbocycles. The number of carbonyl (C=O) groups is 1. The van der Waals surface area contributed by atoms with E-state index < -0.39 is 50.8 Å². The van der Waals surface area contributed by atoms with E-state index in [4.69, 9.17) is 16.0 Å². The van der Waals surface area contributed by atoms with Crippen LogP contribution in [0.25, 0.3) is 0 Å². The zero-order valence-electron chi connectivity index (χ0n) is 13.8. The Labute approximate surface area is 145 Å².